The molecule has 0 heterocycles. The van der Waals surface area contributed by atoms with Crippen LogP contribution in [0.4, 0.5) is 4.39 Å². The first-order valence-corrected chi connectivity index (χ1v) is 5.45. The van der Waals surface area contributed by atoms with E-state index in [4.69, 9.17) is 11.6 Å². The van der Waals surface area contributed by atoms with Gasteiger partial charge >= 0.3 is 73.9 Å². The molecule has 0 bridgehead atoms. The summed E-state index contributed by atoms with van der Waals surface area (Å²) in [5.74, 6) is -0.182. The zero-order valence-corrected chi connectivity index (χ0v) is 10.3. The van der Waals surface area contributed by atoms with Crippen LogP contribution in [-0.4, -0.2) is 0 Å². The molecule has 0 saturated heterocycles. The van der Waals surface area contributed by atoms with E-state index in [2.05, 4.69) is 0 Å². The molecule has 0 nitrogen and oxygen atoms in total. The minimum absolute atomic E-state index is 0. The Balaban J connectivity index is 0.000001000. The summed E-state index contributed by atoms with van der Waals surface area (Å²) in [6.45, 7) is 0. The van der Waals surface area contributed by atoms with Gasteiger partial charge in [-0.2, -0.15) is 0 Å². The summed E-state index contributed by atoms with van der Waals surface area (Å²) in [7, 11) is 0. The topological polar surface area (TPSA) is 0 Å². The molecule has 0 aliphatic heterocycles. The van der Waals surface area contributed by atoms with Crippen LogP contribution in [0.3, 0.4) is 0 Å². The van der Waals surface area contributed by atoms with Gasteiger partial charge in [0.1, 0.15) is 0 Å². The normalized spacial score (nSPS) is 9.09. The molecule has 1 rings (SSSR count). The van der Waals surface area contributed by atoms with E-state index < -0.39 is 0 Å². The fourth-order valence-corrected chi connectivity index (χ4v) is 2.43. The van der Waals surface area contributed by atoms with Crippen molar-refractivity contribution in [1.82, 2.24) is 0 Å². The van der Waals surface area contributed by atoms with Gasteiger partial charge in [-0.05, 0) is 0 Å². The summed E-state index contributed by atoms with van der Waals surface area (Å²) in [5, 5.41) is 1.32. The number of rotatable bonds is 1. The summed E-state index contributed by atoms with van der Waals surface area (Å²) in [6.07, 6.45) is 0. The third-order valence-corrected chi connectivity index (χ3v) is 2.71. The summed E-state index contributed by atoms with van der Waals surface area (Å²) >= 11 is 6.75. The zero-order chi connectivity index (χ0) is 7.56. The molecule has 11 heavy (non-hydrogen) atoms. The third-order valence-electron chi connectivity index (χ3n) is 1.31. The van der Waals surface area contributed by atoms with Gasteiger partial charge in [-0.15, -0.1) is 0 Å². The van der Waals surface area contributed by atoms with Crippen molar-refractivity contribution in [3.63, 3.8) is 0 Å². The Bertz CT molecular complexity index is 220. The number of hydrogen-bond acceptors (Lipinski definition) is 0. The Kier molecular flexibility index (Phi) is 5.24. The standard InChI is InChI=1S/C7H5ClF.ClH.Zn/c1-5-6(8)3-2-4-7(5)9;;/h2-4H,1H2;1H;/q;;+1/p-1. The van der Waals surface area contributed by atoms with Crippen LogP contribution in [0.25, 0.3) is 0 Å². The smallest absolute Gasteiger partial charge is 1.00 e. The van der Waals surface area contributed by atoms with Gasteiger partial charge in [-0.1, -0.05) is 0 Å². The first-order chi connectivity index (χ1) is 4.75. The summed E-state index contributed by atoms with van der Waals surface area (Å²) < 4.78 is 12.8. The molecule has 0 spiro atoms. The molecule has 0 fully saturated rings. The van der Waals surface area contributed by atoms with Gasteiger partial charge in [0, 0.05) is 0 Å². The van der Waals surface area contributed by atoms with Gasteiger partial charge in [0.15, 0.2) is 0 Å². The van der Waals surface area contributed by atoms with E-state index in [9.17, 15) is 4.39 Å². The largest absolute Gasteiger partial charge is 1.00 e. The molecule has 0 N–H and O–H groups in total. The van der Waals surface area contributed by atoms with Gasteiger partial charge in [0.25, 0.3) is 0 Å². The maximum absolute atomic E-state index is 12.8. The van der Waals surface area contributed by atoms with Crippen LogP contribution < -0.4 is 12.4 Å². The van der Waals surface area contributed by atoms with Crippen LogP contribution in [0.5, 0.6) is 0 Å². The predicted molar refractivity (Wildman–Crippen MR) is 35.1 cm³/mol. The minimum atomic E-state index is -0.182. The van der Waals surface area contributed by atoms with Crippen LogP contribution in [0.15, 0.2) is 18.2 Å². The first kappa shape index (κ1) is 11.4. The molecule has 0 atom stereocenters. The molecule has 56 valence electrons. The molecular weight excluding hydrogens is 239 g/mol. The zero-order valence-electron chi connectivity index (χ0n) is 5.78. The second-order valence-corrected chi connectivity index (χ2v) is 3.41. The van der Waals surface area contributed by atoms with Crippen molar-refractivity contribution >= 4 is 11.6 Å². The Morgan fingerprint density at radius 3 is 2.45 bits per heavy atom. The predicted octanol–water partition coefficient (Wildman–Crippen LogP) is -0.470. The van der Waals surface area contributed by atoms with E-state index in [0.29, 0.717) is 10.6 Å². The molecule has 0 aliphatic rings. The molecule has 0 aromatic heterocycles. The fourth-order valence-electron chi connectivity index (χ4n) is 0.771. The van der Waals surface area contributed by atoms with Crippen LogP contribution in [0, 0.1) is 5.82 Å². The maximum Gasteiger partial charge on any atom is -1.00 e. The van der Waals surface area contributed by atoms with Crippen molar-refractivity contribution in [2.45, 2.75) is 5.02 Å². The first-order valence-electron chi connectivity index (χ1n) is 2.98. The quantitative estimate of drug-likeness (QED) is 0.586. The summed E-state index contributed by atoms with van der Waals surface area (Å²) in [6, 6.07) is 4.78. The van der Waals surface area contributed by atoms with Crippen molar-refractivity contribution in [1.29, 1.82) is 0 Å². The van der Waals surface area contributed by atoms with Crippen LogP contribution in [0.1, 0.15) is 5.56 Å². The van der Waals surface area contributed by atoms with E-state index in [0.717, 1.165) is 23.3 Å². The van der Waals surface area contributed by atoms with Crippen LogP contribution in [-0.2, 0) is 23.3 Å². The van der Waals surface area contributed by atoms with Gasteiger partial charge in [0.05, 0.1) is 0 Å². The van der Waals surface area contributed by atoms with Gasteiger partial charge in [-0.25, -0.2) is 0 Å². The Labute approximate surface area is 86.2 Å². The van der Waals surface area contributed by atoms with Crippen LogP contribution in [0.2, 0.25) is 5.02 Å². The van der Waals surface area contributed by atoms with E-state index in [1.165, 1.54) is 6.07 Å². The third kappa shape index (κ3) is 2.70. The molecule has 4 heteroatoms. The molecular formula is C7H5Cl2FZn. The second-order valence-electron chi connectivity index (χ2n) is 1.95. The van der Waals surface area contributed by atoms with Gasteiger partial charge in [-0.3, -0.25) is 0 Å². The summed E-state index contributed by atoms with van der Waals surface area (Å²) in [4.78, 5) is 0. The fraction of sp³-hybridized carbons (Fsp3) is 0.143. The maximum atomic E-state index is 12.8. The number of hydrogen-bond donors (Lipinski definition) is 0. The van der Waals surface area contributed by atoms with Gasteiger partial charge < -0.3 is 12.4 Å². The van der Waals surface area contributed by atoms with Crippen molar-refractivity contribution in [2.75, 3.05) is 0 Å². The number of halogens is 3. The second kappa shape index (κ2) is 5.08. The molecule has 0 unspecified atom stereocenters. The Morgan fingerprint density at radius 1 is 1.45 bits per heavy atom. The van der Waals surface area contributed by atoms with Crippen molar-refractivity contribution in [3.8, 4) is 0 Å². The average Bonchev–Trinajstić information content (AvgIpc) is 1.88. The average molecular weight is 244 g/mol. The van der Waals surface area contributed by atoms with E-state index >= 15 is 0 Å². The molecule has 0 aliphatic carbocycles. The minimum Gasteiger partial charge on any atom is -1.00 e. The SMILES string of the molecule is Fc1cccc(Cl)c1[CH2][Zn+].[Cl-]. The van der Waals surface area contributed by atoms with E-state index in [-0.39, 0.29) is 18.2 Å². The Morgan fingerprint density at radius 2 is 2.09 bits per heavy atom. The van der Waals surface area contributed by atoms with Crippen molar-refractivity contribution < 1.29 is 35.1 Å². The molecule has 0 radical (unpaired) electrons. The number of benzene rings is 1. The van der Waals surface area contributed by atoms with E-state index in [1.54, 1.807) is 12.1 Å². The van der Waals surface area contributed by atoms with Crippen LogP contribution >= 0.6 is 11.6 Å². The van der Waals surface area contributed by atoms with E-state index in [1.807, 2.05) is 0 Å². The van der Waals surface area contributed by atoms with Crippen molar-refractivity contribution in [3.05, 3.63) is 34.6 Å². The molecule has 1 aromatic rings. The molecule has 1 aromatic carbocycles. The Hall–Kier alpha value is 0.353. The monoisotopic (exact) mass is 242 g/mol. The molecule has 0 amide bonds. The summed E-state index contributed by atoms with van der Waals surface area (Å²) in [5.41, 5.74) is 0.657. The van der Waals surface area contributed by atoms with Crippen molar-refractivity contribution in [2.24, 2.45) is 0 Å². The molecule has 0 saturated carbocycles. The van der Waals surface area contributed by atoms with Gasteiger partial charge in [0.2, 0.25) is 0 Å².